The van der Waals surface area contributed by atoms with Crippen LogP contribution in [0.3, 0.4) is 0 Å². The molecule has 6 heteroatoms. The van der Waals surface area contributed by atoms with Crippen LogP contribution in [0.1, 0.15) is 17.7 Å². The number of hydrogen-bond donors (Lipinski definition) is 0. The van der Waals surface area contributed by atoms with E-state index in [0.29, 0.717) is 14.6 Å². The first-order valence-corrected chi connectivity index (χ1v) is 5.82. The average molecular weight is 382 g/mol. The Kier molecular flexibility index (Phi) is 4.31. The largest absolute Gasteiger partial charge is 0.266 e. The third-order valence-electron chi connectivity index (χ3n) is 1.44. The molecule has 1 aromatic rings. The van der Waals surface area contributed by atoms with E-state index in [1.165, 1.54) is 6.20 Å². The molecular weight excluding hydrogens is 378 g/mol. The molecule has 1 nitrogen and oxygen atoms in total. The lowest BCUT2D eigenvalue weighted by molar-refractivity contribution is 0.149. The van der Waals surface area contributed by atoms with Gasteiger partial charge in [-0.2, -0.15) is 0 Å². The van der Waals surface area contributed by atoms with Crippen molar-refractivity contribution in [3.8, 4) is 0 Å². The van der Waals surface area contributed by atoms with Crippen LogP contribution in [-0.4, -0.2) is 4.98 Å². The number of rotatable bonds is 2. The zero-order valence-electron chi connectivity index (χ0n) is 6.20. The summed E-state index contributed by atoms with van der Waals surface area (Å²) in [6.45, 7) is 0. The van der Waals surface area contributed by atoms with Gasteiger partial charge in [-0.1, -0.05) is 27.5 Å². The van der Waals surface area contributed by atoms with Crippen molar-refractivity contribution in [2.45, 2.75) is 11.8 Å². The Bertz CT molecular complexity index is 322. The van der Waals surface area contributed by atoms with E-state index < -0.39 is 6.43 Å². The monoisotopic (exact) mass is 381 g/mol. The highest BCUT2D eigenvalue weighted by molar-refractivity contribution is 14.1. The molecule has 72 valence electrons. The highest BCUT2D eigenvalue weighted by Gasteiger charge is 2.19. The summed E-state index contributed by atoms with van der Waals surface area (Å²) in [4.78, 5) is 3.82. The van der Waals surface area contributed by atoms with Gasteiger partial charge in [0.15, 0.2) is 0 Å². The van der Waals surface area contributed by atoms with Crippen LogP contribution in [0.2, 0.25) is 5.02 Å². The van der Waals surface area contributed by atoms with E-state index in [4.69, 9.17) is 11.6 Å². The molecule has 1 heterocycles. The zero-order valence-corrected chi connectivity index (χ0v) is 10.7. The smallest absolute Gasteiger partial charge is 0.258 e. The number of alkyl halides is 3. The Morgan fingerprint density at radius 3 is 2.69 bits per heavy atom. The van der Waals surface area contributed by atoms with Crippen molar-refractivity contribution >= 4 is 50.1 Å². The number of hydrogen-bond acceptors (Lipinski definition) is 1. The molecule has 13 heavy (non-hydrogen) atoms. The van der Waals surface area contributed by atoms with Gasteiger partial charge in [-0.3, -0.25) is 4.98 Å². The Morgan fingerprint density at radius 2 is 2.23 bits per heavy atom. The van der Waals surface area contributed by atoms with Crippen LogP contribution in [0, 0.1) is 3.57 Å². The lowest BCUT2D eigenvalue weighted by Crippen LogP contribution is -1.99. The minimum absolute atomic E-state index is 0.0787. The van der Waals surface area contributed by atoms with E-state index in [-0.39, 0.29) is 10.6 Å². The van der Waals surface area contributed by atoms with E-state index >= 15 is 0 Å². The number of nitrogens with zero attached hydrogens (tertiary/aromatic N) is 1. The summed E-state index contributed by atoms with van der Waals surface area (Å²) in [5, 5.41) is 0.570. The lowest BCUT2D eigenvalue weighted by atomic mass is 10.2. The maximum absolute atomic E-state index is 12.5. The standard InChI is InChI=1S/C7H4BrClF2IN/c8-1-4-5(7(10)11)6(12)3(9)2-13-4/h2,7H,1H2. The van der Waals surface area contributed by atoms with Gasteiger partial charge in [0.1, 0.15) is 0 Å². The Balaban J connectivity index is 3.32. The van der Waals surface area contributed by atoms with E-state index in [1.807, 2.05) is 0 Å². The maximum Gasteiger partial charge on any atom is 0.266 e. The van der Waals surface area contributed by atoms with Gasteiger partial charge in [-0.05, 0) is 22.6 Å². The highest BCUT2D eigenvalue weighted by Crippen LogP contribution is 2.32. The molecule has 0 radical (unpaired) electrons. The number of pyridine rings is 1. The molecule has 1 aromatic heterocycles. The first kappa shape index (κ1) is 11.6. The molecule has 0 fully saturated rings. The van der Waals surface area contributed by atoms with Gasteiger partial charge in [0.2, 0.25) is 0 Å². The Labute approximate surface area is 101 Å². The van der Waals surface area contributed by atoms with Crippen LogP contribution in [-0.2, 0) is 5.33 Å². The molecule has 0 bridgehead atoms. The maximum atomic E-state index is 12.5. The summed E-state index contributed by atoms with van der Waals surface area (Å²) in [6.07, 6.45) is -1.16. The molecule has 0 spiro atoms. The van der Waals surface area contributed by atoms with Gasteiger partial charge in [-0.25, -0.2) is 8.78 Å². The third-order valence-corrected chi connectivity index (χ3v) is 3.73. The quantitative estimate of drug-likeness (QED) is 0.553. The summed E-state index contributed by atoms with van der Waals surface area (Å²) >= 11 is 10.6. The molecular formula is C7H4BrClF2IN. The Hall–Kier alpha value is 0.510. The molecule has 1 rings (SSSR count). The van der Waals surface area contributed by atoms with E-state index in [0.717, 1.165) is 0 Å². The van der Waals surface area contributed by atoms with Crippen molar-refractivity contribution in [3.63, 3.8) is 0 Å². The summed E-state index contributed by atoms with van der Waals surface area (Å²) in [6, 6.07) is 0. The van der Waals surface area contributed by atoms with Gasteiger partial charge >= 0.3 is 0 Å². The fourth-order valence-electron chi connectivity index (χ4n) is 0.844. The molecule has 0 aliphatic carbocycles. The van der Waals surface area contributed by atoms with Crippen molar-refractivity contribution in [1.29, 1.82) is 0 Å². The first-order chi connectivity index (χ1) is 6.07. The van der Waals surface area contributed by atoms with Gasteiger partial charge in [-0.15, -0.1) is 0 Å². The van der Waals surface area contributed by atoms with Crippen molar-refractivity contribution < 1.29 is 8.78 Å². The second-order valence-corrected chi connectivity index (χ2v) is 4.26. The fraction of sp³-hybridized carbons (Fsp3) is 0.286. The van der Waals surface area contributed by atoms with E-state index in [2.05, 4.69) is 20.9 Å². The first-order valence-electron chi connectivity index (χ1n) is 3.24. The minimum Gasteiger partial charge on any atom is -0.258 e. The molecule has 0 amide bonds. The average Bonchev–Trinajstić information content (AvgIpc) is 2.08. The topological polar surface area (TPSA) is 12.9 Å². The third kappa shape index (κ3) is 2.50. The normalized spacial score (nSPS) is 10.9. The Morgan fingerprint density at radius 1 is 1.62 bits per heavy atom. The van der Waals surface area contributed by atoms with Gasteiger partial charge in [0.05, 0.1) is 16.3 Å². The molecule has 0 aliphatic heterocycles. The van der Waals surface area contributed by atoms with Crippen LogP contribution < -0.4 is 0 Å². The number of halogens is 5. The summed E-state index contributed by atoms with van der Waals surface area (Å²) in [7, 11) is 0. The van der Waals surface area contributed by atoms with E-state index in [9.17, 15) is 8.78 Å². The molecule has 0 saturated carbocycles. The second-order valence-electron chi connectivity index (χ2n) is 2.21. The highest BCUT2D eigenvalue weighted by atomic mass is 127. The van der Waals surface area contributed by atoms with Crippen LogP contribution in [0.4, 0.5) is 8.78 Å². The molecule has 0 saturated heterocycles. The summed E-state index contributed by atoms with van der Waals surface area (Å²) in [5.41, 5.74) is 0.258. The minimum atomic E-state index is -2.54. The zero-order chi connectivity index (χ0) is 10.0. The van der Waals surface area contributed by atoms with Crippen molar-refractivity contribution in [2.24, 2.45) is 0 Å². The second kappa shape index (κ2) is 4.84. The fourth-order valence-corrected chi connectivity index (χ4v) is 2.13. The SMILES string of the molecule is FC(F)c1c(CBr)ncc(Cl)c1I. The number of aromatic nitrogens is 1. The van der Waals surface area contributed by atoms with Crippen molar-refractivity contribution in [2.75, 3.05) is 0 Å². The molecule has 0 atom stereocenters. The predicted molar refractivity (Wildman–Crippen MR) is 59.6 cm³/mol. The van der Waals surface area contributed by atoms with Gasteiger partial charge in [0.25, 0.3) is 6.43 Å². The van der Waals surface area contributed by atoms with E-state index in [1.54, 1.807) is 22.6 Å². The van der Waals surface area contributed by atoms with Gasteiger partial charge in [0, 0.05) is 15.1 Å². The molecule has 0 unspecified atom stereocenters. The molecule has 0 aliphatic rings. The molecule has 0 aromatic carbocycles. The van der Waals surface area contributed by atoms with Crippen LogP contribution >= 0.6 is 50.1 Å². The summed E-state index contributed by atoms with van der Waals surface area (Å²) in [5.74, 6) is 0. The van der Waals surface area contributed by atoms with Crippen LogP contribution in [0.5, 0.6) is 0 Å². The van der Waals surface area contributed by atoms with Crippen LogP contribution in [0.15, 0.2) is 6.20 Å². The summed E-state index contributed by atoms with van der Waals surface area (Å²) < 4.78 is 25.4. The van der Waals surface area contributed by atoms with Gasteiger partial charge < -0.3 is 0 Å². The van der Waals surface area contributed by atoms with Crippen molar-refractivity contribution in [3.05, 3.63) is 26.0 Å². The predicted octanol–water partition coefficient (Wildman–Crippen LogP) is 4.17. The van der Waals surface area contributed by atoms with Crippen LogP contribution in [0.25, 0.3) is 0 Å². The molecule has 0 N–H and O–H groups in total. The lowest BCUT2D eigenvalue weighted by Gasteiger charge is -2.08. The van der Waals surface area contributed by atoms with Crippen molar-refractivity contribution in [1.82, 2.24) is 4.98 Å².